The van der Waals surface area contributed by atoms with Gasteiger partial charge in [0.15, 0.2) is 0 Å². The number of halogens is 1. The largest absolute Gasteiger partial charge is 0.507 e. The van der Waals surface area contributed by atoms with Crippen LogP contribution in [0.5, 0.6) is 5.75 Å². The summed E-state index contributed by atoms with van der Waals surface area (Å²) in [6, 6.07) is 13.6. The van der Waals surface area contributed by atoms with Crippen LogP contribution in [0.1, 0.15) is 18.4 Å². The first-order valence-corrected chi connectivity index (χ1v) is 9.48. The van der Waals surface area contributed by atoms with E-state index >= 15 is 0 Å². The van der Waals surface area contributed by atoms with Gasteiger partial charge in [-0.3, -0.25) is 4.79 Å². The van der Waals surface area contributed by atoms with Crippen LogP contribution >= 0.6 is 23.7 Å². The summed E-state index contributed by atoms with van der Waals surface area (Å²) in [6.07, 6.45) is 0. The number of aromatic nitrogens is 1. The number of hydrogen-bond donors (Lipinski definition) is 3. The zero-order valence-corrected chi connectivity index (χ0v) is 16.7. The van der Waals surface area contributed by atoms with Crippen molar-refractivity contribution in [1.29, 1.82) is 0 Å². The summed E-state index contributed by atoms with van der Waals surface area (Å²) in [7, 11) is 1.95. The van der Waals surface area contributed by atoms with Gasteiger partial charge in [0.05, 0.1) is 0 Å². The Morgan fingerprint density at radius 2 is 1.89 bits per heavy atom. The van der Waals surface area contributed by atoms with E-state index in [-0.39, 0.29) is 23.7 Å². The Hall–Kier alpha value is -2.34. The molecule has 0 aliphatic rings. The quantitative estimate of drug-likeness (QED) is 0.458. The van der Waals surface area contributed by atoms with Gasteiger partial charge < -0.3 is 15.4 Å². The highest BCUT2D eigenvalue weighted by Crippen LogP contribution is 2.39. The average Bonchev–Trinajstić information content (AvgIpc) is 3.13. The van der Waals surface area contributed by atoms with Crippen LogP contribution in [-0.4, -0.2) is 23.7 Å². The molecule has 0 bridgehead atoms. The molecule has 0 spiro atoms. The number of rotatable bonds is 4. The minimum atomic E-state index is -0.0876. The normalized spacial score (nSPS) is 12.2. The van der Waals surface area contributed by atoms with E-state index in [1.54, 1.807) is 12.1 Å². The highest BCUT2D eigenvalue weighted by molar-refractivity contribution is 7.17. The van der Waals surface area contributed by atoms with Crippen LogP contribution in [-0.2, 0) is 0 Å². The molecule has 0 fully saturated rings. The smallest absolute Gasteiger partial charge is 0.266 e. The maximum Gasteiger partial charge on any atom is 0.266 e. The second-order valence-electron chi connectivity index (χ2n) is 6.58. The van der Waals surface area contributed by atoms with Crippen LogP contribution < -0.4 is 10.9 Å². The zero-order chi connectivity index (χ0) is 18.3. The van der Waals surface area contributed by atoms with Crippen LogP contribution in [0.4, 0.5) is 0 Å². The molecule has 140 valence electrons. The van der Waals surface area contributed by atoms with Crippen molar-refractivity contribution < 1.29 is 5.11 Å². The summed E-state index contributed by atoms with van der Waals surface area (Å²) in [6.45, 7) is 3.09. The van der Waals surface area contributed by atoms with Gasteiger partial charge in [0.25, 0.3) is 5.56 Å². The maximum atomic E-state index is 12.3. The molecule has 6 heteroatoms. The van der Waals surface area contributed by atoms with Gasteiger partial charge in [0.1, 0.15) is 10.4 Å². The fourth-order valence-corrected chi connectivity index (χ4v) is 4.33. The number of thiophene rings is 1. The van der Waals surface area contributed by atoms with Gasteiger partial charge in [0.2, 0.25) is 0 Å². The van der Waals surface area contributed by atoms with Gasteiger partial charge in [-0.15, -0.1) is 23.7 Å². The molecule has 2 aromatic carbocycles. The summed E-state index contributed by atoms with van der Waals surface area (Å²) in [5.74, 6) is 0.628. The molecular formula is C21H21ClN2O2S. The van der Waals surface area contributed by atoms with E-state index in [0.717, 1.165) is 34.0 Å². The lowest BCUT2D eigenvalue weighted by Gasteiger charge is -2.14. The molecule has 4 aromatic rings. The van der Waals surface area contributed by atoms with Crippen molar-refractivity contribution in [2.24, 2.45) is 0 Å². The number of H-pyrrole nitrogens is 1. The van der Waals surface area contributed by atoms with Gasteiger partial charge in [-0.2, -0.15) is 0 Å². The van der Waals surface area contributed by atoms with E-state index in [1.165, 1.54) is 16.9 Å². The summed E-state index contributed by atoms with van der Waals surface area (Å²) in [5.41, 5.74) is 3.59. The number of hydrogen-bond acceptors (Lipinski definition) is 4. The van der Waals surface area contributed by atoms with Crippen LogP contribution in [0.2, 0.25) is 0 Å². The SMILES string of the molecule is CNC[C@@H](C)c1ccc(-c2c(O)ccc3[nH]c(=O)c4sccc4c23)cc1.Cl. The molecule has 1 atom stereocenters. The first kappa shape index (κ1) is 19.4. The first-order chi connectivity index (χ1) is 12.6. The number of likely N-dealkylation sites (N-methyl/N-ethyl adjacent to an activating group) is 1. The van der Waals surface area contributed by atoms with E-state index in [9.17, 15) is 9.90 Å². The molecule has 4 nitrogen and oxygen atoms in total. The minimum Gasteiger partial charge on any atom is -0.507 e. The topological polar surface area (TPSA) is 65.1 Å². The third kappa shape index (κ3) is 3.34. The molecule has 0 aliphatic heterocycles. The highest BCUT2D eigenvalue weighted by Gasteiger charge is 2.15. The van der Waals surface area contributed by atoms with Gasteiger partial charge in [-0.05, 0) is 47.7 Å². The third-order valence-corrected chi connectivity index (χ3v) is 5.76. The Kier molecular flexibility index (Phi) is 5.56. The number of phenols is 1. The van der Waals surface area contributed by atoms with Gasteiger partial charge in [0, 0.05) is 28.4 Å². The van der Waals surface area contributed by atoms with Crippen molar-refractivity contribution in [3.05, 3.63) is 63.8 Å². The van der Waals surface area contributed by atoms with E-state index < -0.39 is 0 Å². The van der Waals surface area contributed by atoms with Crippen LogP contribution in [0.25, 0.3) is 32.1 Å². The molecule has 27 heavy (non-hydrogen) atoms. The number of benzene rings is 2. The first-order valence-electron chi connectivity index (χ1n) is 8.60. The Morgan fingerprint density at radius 3 is 2.59 bits per heavy atom. The molecule has 4 rings (SSSR count). The predicted octanol–water partition coefficient (Wildman–Crippen LogP) is 4.86. The van der Waals surface area contributed by atoms with E-state index in [4.69, 9.17) is 0 Å². The van der Waals surface area contributed by atoms with Crippen LogP contribution in [0.3, 0.4) is 0 Å². The van der Waals surface area contributed by atoms with Crippen LogP contribution in [0.15, 0.2) is 52.6 Å². The molecular weight excluding hydrogens is 380 g/mol. The number of pyridine rings is 1. The van der Waals surface area contributed by atoms with Crippen LogP contribution in [0, 0.1) is 0 Å². The standard InChI is InChI=1S/C21H20N2O2S.ClH/c1-12(11-22-2)13-3-5-14(6-4-13)18-17(24)8-7-16-19(18)15-9-10-26-20(15)21(25)23-16;/h3-10,12,22,24H,11H2,1-2H3,(H,23,25);1H/t12-;/m1./s1. The van der Waals surface area contributed by atoms with E-state index in [1.807, 2.05) is 30.6 Å². The number of aromatic hydroxyl groups is 1. The Labute approximate surface area is 167 Å². The number of fused-ring (bicyclic) bond motifs is 3. The monoisotopic (exact) mass is 400 g/mol. The van der Waals surface area contributed by atoms with E-state index in [2.05, 4.69) is 29.4 Å². The van der Waals surface area contributed by atoms with E-state index in [0.29, 0.717) is 10.6 Å². The number of phenolic OH excluding ortho intramolecular Hbond substituents is 1. The molecule has 0 unspecified atom stereocenters. The maximum absolute atomic E-state index is 12.3. The molecule has 0 radical (unpaired) electrons. The minimum absolute atomic E-state index is 0. The van der Waals surface area contributed by atoms with Crippen molar-refractivity contribution in [3.63, 3.8) is 0 Å². The second-order valence-corrected chi connectivity index (χ2v) is 7.50. The van der Waals surface area contributed by atoms with Crippen molar-refractivity contribution in [2.45, 2.75) is 12.8 Å². The molecule has 2 heterocycles. The summed E-state index contributed by atoms with van der Waals surface area (Å²) < 4.78 is 0.684. The Bertz CT molecular complexity index is 1150. The highest BCUT2D eigenvalue weighted by atomic mass is 35.5. The van der Waals surface area contributed by atoms with Gasteiger partial charge in [-0.25, -0.2) is 0 Å². The molecule has 0 aliphatic carbocycles. The molecule has 3 N–H and O–H groups in total. The lowest BCUT2D eigenvalue weighted by Crippen LogP contribution is -2.14. The van der Waals surface area contributed by atoms with Crippen molar-refractivity contribution in [2.75, 3.05) is 13.6 Å². The molecule has 0 saturated carbocycles. The van der Waals surface area contributed by atoms with Gasteiger partial charge in [-0.1, -0.05) is 31.2 Å². The lowest BCUT2D eigenvalue weighted by atomic mass is 9.94. The predicted molar refractivity (Wildman–Crippen MR) is 117 cm³/mol. The fraction of sp³-hybridized carbons (Fsp3) is 0.190. The van der Waals surface area contributed by atoms with Crippen molar-refractivity contribution in [3.8, 4) is 16.9 Å². The van der Waals surface area contributed by atoms with Crippen molar-refractivity contribution >= 4 is 44.7 Å². The Balaban J connectivity index is 0.00000210. The zero-order valence-electron chi connectivity index (χ0n) is 15.1. The summed E-state index contributed by atoms with van der Waals surface area (Å²) in [4.78, 5) is 15.2. The third-order valence-electron chi connectivity index (χ3n) is 4.85. The molecule has 0 amide bonds. The lowest BCUT2D eigenvalue weighted by molar-refractivity contribution is 0.478. The summed E-state index contributed by atoms with van der Waals surface area (Å²) in [5, 5.41) is 17.5. The summed E-state index contributed by atoms with van der Waals surface area (Å²) >= 11 is 1.42. The molecule has 2 aromatic heterocycles. The van der Waals surface area contributed by atoms with Gasteiger partial charge >= 0.3 is 0 Å². The number of aromatic amines is 1. The average molecular weight is 401 g/mol. The second kappa shape index (κ2) is 7.72. The Morgan fingerprint density at radius 1 is 1.15 bits per heavy atom. The van der Waals surface area contributed by atoms with Crippen molar-refractivity contribution in [1.82, 2.24) is 10.3 Å². The number of nitrogens with one attached hydrogen (secondary N) is 2. The fourth-order valence-electron chi connectivity index (χ4n) is 3.53. The molecule has 0 saturated heterocycles.